The number of aryl methyl sites for hydroxylation is 3. The summed E-state index contributed by atoms with van der Waals surface area (Å²) in [5.74, 6) is 0.820. The van der Waals surface area contributed by atoms with E-state index in [-0.39, 0.29) is 71.7 Å². The van der Waals surface area contributed by atoms with E-state index in [0.29, 0.717) is 38.5 Å². The molecule has 3 aromatic carbocycles. The quantitative estimate of drug-likeness (QED) is 0.292. The molecular formula is C39H42O6. The maximum absolute atomic E-state index is 11.3. The third kappa shape index (κ3) is 10.1. The molecule has 0 unspecified atom stereocenters. The average molecular weight is 607 g/mol. The molecule has 0 saturated heterocycles. The van der Waals surface area contributed by atoms with E-state index in [2.05, 4.69) is 6.07 Å². The first kappa shape index (κ1) is 33.6. The third-order valence-electron chi connectivity index (χ3n) is 8.72. The van der Waals surface area contributed by atoms with Gasteiger partial charge in [0.15, 0.2) is 0 Å². The number of hydrogen-bond donors (Lipinski definition) is 0. The van der Waals surface area contributed by atoms with Crippen molar-refractivity contribution in [3.8, 4) is 0 Å². The minimum atomic E-state index is 0.0804. The van der Waals surface area contributed by atoms with E-state index in [0.717, 1.165) is 16.7 Å². The van der Waals surface area contributed by atoms with Crippen molar-refractivity contribution < 1.29 is 28.8 Å². The zero-order valence-electron chi connectivity index (χ0n) is 26.5. The van der Waals surface area contributed by atoms with Crippen molar-refractivity contribution in [2.24, 2.45) is 0 Å². The van der Waals surface area contributed by atoms with Crippen LogP contribution in [0.1, 0.15) is 109 Å². The van der Waals surface area contributed by atoms with Gasteiger partial charge in [-0.3, -0.25) is 28.8 Å². The smallest absolute Gasteiger partial charge is 0.140 e. The Balaban J connectivity index is 0.000000154. The van der Waals surface area contributed by atoms with Gasteiger partial charge in [-0.05, 0) is 60.8 Å². The molecule has 3 saturated carbocycles. The highest BCUT2D eigenvalue weighted by molar-refractivity contribution is 6.03. The van der Waals surface area contributed by atoms with E-state index in [1.165, 1.54) is 16.7 Å². The van der Waals surface area contributed by atoms with Crippen LogP contribution in [0.4, 0.5) is 0 Å². The van der Waals surface area contributed by atoms with Gasteiger partial charge in [-0.2, -0.15) is 0 Å². The van der Waals surface area contributed by atoms with Gasteiger partial charge in [-0.1, -0.05) is 83.9 Å². The van der Waals surface area contributed by atoms with E-state index in [4.69, 9.17) is 0 Å². The number of Topliss-reactive ketones (excluding diaryl/α,β-unsaturated/α-hetero) is 6. The number of carbonyl (C=O) groups is 6. The fourth-order valence-corrected chi connectivity index (χ4v) is 6.46. The molecule has 0 heterocycles. The molecule has 0 aliphatic heterocycles. The van der Waals surface area contributed by atoms with Gasteiger partial charge in [0.05, 0.1) is 19.3 Å². The summed E-state index contributed by atoms with van der Waals surface area (Å²) >= 11 is 0. The molecular weight excluding hydrogens is 564 g/mol. The average Bonchev–Trinajstić information content (AvgIpc) is 2.97. The van der Waals surface area contributed by atoms with Crippen LogP contribution >= 0.6 is 0 Å². The maximum Gasteiger partial charge on any atom is 0.140 e. The Morgan fingerprint density at radius 2 is 0.867 bits per heavy atom. The highest BCUT2D eigenvalue weighted by Gasteiger charge is 2.28. The second kappa shape index (κ2) is 15.6. The monoisotopic (exact) mass is 606 g/mol. The molecule has 6 nitrogen and oxygen atoms in total. The first-order chi connectivity index (χ1) is 21.5. The molecule has 6 heteroatoms. The predicted molar refractivity (Wildman–Crippen MR) is 173 cm³/mol. The molecule has 0 spiro atoms. The molecule has 0 radical (unpaired) electrons. The number of ketones is 6. The minimum absolute atomic E-state index is 0.0804. The van der Waals surface area contributed by atoms with Crippen molar-refractivity contribution in [2.75, 3.05) is 0 Å². The highest BCUT2D eigenvalue weighted by atomic mass is 16.2. The molecule has 45 heavy (non-hydrogen) atoms. The Labute approximate surface area is 265 Å². The highest BCUT2D eigenvalue weighted by Crippen LogP contribution is 2.32. The lowest BCUT2D eigenvalue weighted by molar-refractivity contribution is -0.131. The van der Waals surface area contributed by atoms with Crippen molar-refractivity contribution >= 4 is 34.7 Å². The summed E-state index contributed by atoms with van der Waals surface area (Å²) in [5.41, 5.74) is 6.94. The fourth-order valence-electron chi connectivity index (χ4n) is 6.46. The lowest BCUT2D eigenvalue weighted by Crippen LogP contribution is -2.21. The van der Waals surface area contributed by atoms with Crippen molar-refractivity contribution in [3.63, 3.8) is 0 Å². The van der Waals surface area contributed by atoms with Crippen LogP contribution in [0.15, 0.2) is 72.8 Å². The van der Waals surface area contributed by atoms with E-state index in [1.807, 2.05) is 87.5 Å². The van der Waals surface area contributed by atoms with Crippen molar-refractivity contribution in [1.82, 2.24) is 0 Å². The van der Waals surface area contributed by atoms with Crippen LogP contribution in [-0.2, 0) is 28.8 Å². The van der Waals surface area contributed by atoms with Gasteiger partial charge in [-0.25, -0.2) is 0 Å². The maximum atomic E-state index is 11.3. The van der Waals surface area contributed by atoms with Crippen LogP contribution in [0.3, 0.4) is 0 Å². The lowest BCUT2D eigenvalue weighted by Gasteiger charge is -2.21. The third-order valence-corrected chi connectivity index (χ3v) is 8.72. The van der Waals surface area contributed by atoms with E-state index < -0.39 is 0 Å². The normalized spacial score (nSPS) is 18.2. The molecule has 234 valence electrons. The summed E-state index contributed by atoms with van der Waals surface area (Å²) < 4.78 is 0. The van der Waals surface area contributed by atoms with Gasteiger partial charge in [-0.15, -0.1) is 0 Å². The Morgan fingerprint density at radius 1 is 0.422 bits per heavy atom. The van der Waals surface area contributed by atoms with Gasteiger partial charge < -0.3 is 0 Å². The van der Waals surface area contributed by atoms with Crippen LogP contribution in [0.5, 0.6) is 0 Å². The first-order valence-electron chi connectivity index (χ1n) is 15.8. The summed E-state index contributed by atoms with van der Waals surface area (Å²) in [6.45, 7) is 6.08. The van der Waals surface area contributed by atoms with Gasteiger partial charge in [0, 0.05) is 38.5 Å². The molecule has 0 aromatic heterocycles. The SMILES string of the molecule is Cc1ccc(C2CC(=O)CC(=O)C2)cc1.Cc1cccc(C2CC(=O)CC(=O)C2)c1.Cc1ccccc1C1CC(=O)CC(=O)C1. The predicted octanol–water partition coefficient (Wildman–Crippen LogP) is 7.20. The zero-order valence-corrected chi connectivity index (χ0v) is 26.5. The number of benzene rings is 3. The Bertz CT molecular complexity index is 1530. The Kier molecular flexibility index (Phi) is 11.6. The molecule has 3 aromatic rings. The zero-order chi connectivity index (χ0) is 32.5. The minimum Gasteiger partial charge on any atom is -0.299 e. The Hall–Kier alpha value is -4.32. The van der Waals surface area contributed by atoms with Crippen molar-refractivity contribution in [2.45, 2.75) is 96.3 Å². The van der Waals surface area contributed by atoms with Gasteiger partial charge in [0.2, 0.25) is 0 Å². The number of rotatable bonds is 3. The molecule has 3 fully saturated rings. The topological polar surface area (TPSA) is 102 Å². The Morgan fingerprint density at radius 3 is 1.33 bits per heavy atom. The summed E-state index contributed by atoms with van der Waals surface area (Å²) in [6.07, 6.45) is 3.56. The van der Waals surface area contributed by atoms with Crippen LogP contribution in [-0.4, -0.2) is 34.7 Å². The molecule has 3 aliphatic carbocycles. The number of carbonyl (C=O) groups excluding carboxylic acids is 6. The summed E-state index contributed by atoms with van der Waals surface area (Å²) in [4.78, 5) is 67.9. The van der Waals surface area contributed by atoms with Crippen LogP contribution < -0.4 is 0 Å². The standard InChI is InChI=1S/3C13H14O2/c1-9-2-4-10(5-3-9)11-6-12(14)8-13(15)7-11;1-9-3-2-4-10(5-9)11-6-12(14)8-13(15)7-11;1-9-4-2-3-5-13(9)10-6-11(14)8-12(15)7-10/h2*2-5,11H,6-8H2,1H3;2-5,10H,6-8H2,1H3. The van der Waals surface area contributed by atoms with Crippen molar-refractivity contribution in [1.29, 1.82) is 0 Å². The summed E-state index contributed by atoms with van der Waals surface area (Å²) in [6, 6.07) is 24.2. The fraction of sp³-hybridized carbons (Fsp3) is 0.385. The van der Waals surface area contributed by atoms with E-state index >= 15 is 0 Å². The lowest BCUT2D eigenvalue weighted by atomic mass is 9.81. The van der Waals surface area contributed by atoms with E-state index in [1.54, 1.807) is 0 Å². The van der Waals surface area contributed by atoms with Crippen LogP contribution in [0.2, 0.25) is 0 Å². The second-order valence-electron chi connectivity index (χ2n) is 12.8. The first-order valence-corrected chi connectivity index (χ1v) is 15.8. The van der Waals surface area contributed by atoms with Gasteiger partial charge in [0.1, 0.15) is 34.7 Å². The van der Waals surface area contributed by atoms with Gasteiger partial charge >= 0.3 is 0 Å². The van der Waals surface area contributed by atoms with Crippen LogP contribution in [0, 0.1) is 20.8 Å². The van der Waals surface area contributed by atoms with Crippen LogP contribution in [0.25, 0.3) is 0 Å². The van der Waals surface area contributed by atoms with E-state index in [9.17, 15) is 28.8 Å². The molecule has 0 atom stereocenters. The molecule has 6 rings (SSSR count). The summed E-state index contributed by atoms with van der Waals surface area (Å²) in [7, 11) is 0. The van der Waals surface area contributed by atoms with Crippen molar-refractivity contribution in [3.05, 3.63) is 106 Å². The summed E-state index contributed by atoms with van der Waals surface area (Å²) in [5, 5.41) is 0. The molecule has 0 N–H and O–H groups in total. The molecule has 0 amide bonds. The second-order valence-corrected chi connectivity index (χ2v) is 12.8. The largest absolute Gasteiger partial charge is 0.299 e. The molecule has 0 bridgehead atoms. The van der Waals surface area contributed by atoms with Gasteiger partial charge in [0.25, 0.3) is 0 Å². The number of hydrogen-bond acceptors (Lipinski definition) is 6. The molecule has 3 aliphatic rings.